The minimum absolute atomic E-state index is 0. The van der Waals surface area contributed by atoms with E-state index in [0.29, 0.717) is 5.92 Å². The number of halogens is 1. The summed E-state index contributed by atoms with van der Waals surface area (Å²) in [6.45, 7) is 13.0. The van der Waals surface area contributed by atoms with Crippen LogP contribution in [0, 0.1) is 11.3 Å². The number of rotatable bonds is 2. The molecule has 0 radical (unpaired) electrons. The molecular weight excluding hydrogens is 198 g/mol. The highest BCUT2D eigenvalue weighted by Gasteiger charge is 2.35. The van der Waals surface area contributed by atoms with E-state index in [-0.39, 0.29) is 23.5 Å². The van der Waals surface area contributed by atoms with Crippen molar-refractivity contribution in [1.29, 1.82) is 0 Å². The first-order valence-corrected chi connectivity index (χ1v) is 5.22. The summed E-state index contributed by atoms with van der Waals surface area (Å²) in [5.41, 5.74) is 0.195. The molecule has 1 aliphatic rings. The third kappa shape index (κ3) is 4.16. The van der Waals surface area contributed by atoms with Gasteiger partial charge < -0.3 is 4.74 Å². The molecule has 0 aromatic carbocycles. The molecule has 0 bridgehead atoms. The van der Waals surface area contributed by atoms with Gasteiger partial charge in [0.15, 0.2) is 0 Å². The van der Waals surface area contributed by atoms with E-state index in [0.717, 1.165) is 19.6 Å². The van der Waals surface area contributed by atoms with Gasteiger partial charge in [0, 0.05) is 12.0 Å². The van der Waals surface area contributed by atoms with Crippen molar-refractivity contribution in [1.82, 2.24) is 5.32 Å². The molecule has 3 heteroatoms. The Morgan fingerprint density at radius 2 is 1.86 bits per heavy atom. The quantitative estimate of drug-likeness (QED) is 0.775. The van der Waals surface area contributed by atoms with Gasteiger partial charge in [0.25, 0.3) is 0 Å². The van der Waals surface area contributed by atoms with Crippen molar-refractivity contribution in [3.63, 3.8) is 0 Å². The van der Waals surface area contributed by atoms with Crippen LogP contribution in [0.15, 0.2) is 0 Å². The zero-order valence-electron chi connectivity index (χ0n) is 10.0. The Morgan fingerprint density at radius 1 is 1.29 bits per heavy atom. The van der Waals surface area contributed by atoms with Gasteiger partial charge in [0.2, 0.25) is 0 Å². The highest BCUT2D eigenvalue weighted by Crippen LogP contribution is 2.28. The topological polar surface area (TPSA) is 21.3 Å². The molecule has 1 aliphatic heterocycles. The van der Waals surface area contributed by atoms with Crippen LogP contribution in [-0.2, 0) is 4.74 Å². The maximum atomic E-state index is 5.88. The van der Waals surface area contributed by atoms with E-state index in [4.69, 9.17) is 4.74 Å². The molecule has 0 saturated carbocycles. The van der Waals surface area contributed by atoms with Crippen molar-refractivity contribution >= 4 is 12.4 Å². The first kappa shape index (κ1) is 14.2. The van der Waals surface area contributed by atoms with Gasteiger partial charge in [-0.2, -0.15) is 0 Å². The molecule has 0 aromatic rings. The van der Waals surface area contributed by atoms with Crippen molar-refractivity contribution < 1.29 is 4.74 Å². The maximum Gasteiger partial charge on any atom is 0.116 e. The highest BCUT2D eigenvalue weighted by atomic mass is 35.5. The number of nitrogens with one attached hydrogen (secondary N) is 1. The van der Waals surface area contributed by atoms with Gasteiger partial charge in [0.05, 0.1) is 6.61 Å². The Hall–Kier alpha value is 0.210. The van der Waals surface area contributed by atoms with E-state index in [1.54, 1.807) is 0 Å². The van der Waals surface area contributed by atoms with Crippen LogP contribution in [0.5, 0.6) is 0 Å². The van der Waals surface area contributed by atoms with Gasteiger partial charge in [-0.05, 0) is 19.3 Å². The number of hydrogen-bond acceptors (Lipinski definition) is 2. The minimum atomic E-state index is -0.0936. The fraction of sp³-hybridized carbons (Fsp3) is 1.00. The van der Waals surface area contributed by atoms with Crippen LogP contribution < -0.4 is 5.32 Å². The summed E-state index contributed by atoms with van der Waals surface area (Å²) in [5.74, 6) is 0.679. The van der Waals surface area contributed by atoms with Crippen LogP contribution >= 0.6 is 12.4 Å². The molecule has 14 heavy (non-hydrogen) atoms. The Bertz CT molecular complexity index is 170. The molecule has 0 aromatic heterocycles. The lowest BCUT2D eigenvalue weighted by Crippen LogP contribution is -2.56. The van der Waals surface area contributed by atoms with Gasteiger partial charge in [0.1, 0.15) is 5.72 Å². The molecule has 1 saturated heterocycles. The summed E-state index contributed by atoms with van der Waals surface area (Å²) >= 11 is 0. The predicted octanol–water partition coefficient (Wildman–Crippen LogP) is 2.82. The lowest BCUT2D eigenvalue weighted by atomic mass is 9.90. The second-order valence-corrected chi connectivity index (χ2v) is 5.64. The zero-order chi connectivity index (χ0) is 10.1. The monoisotopic (exact) mass is 221 g/mol. The smallest absolute Gasteiger partial charge is 0.116 e. The summed E-state index contributed by atoms with van der Waals surface area (Å²) < 4.78 is 5.88. The van der Waals surface area contributed by atoms with Gasteiger partial charge >= 0.3 is 0 Å². The van der Waals surface area contributed by atoms with E-state index in [2.05, 4.69) is 39.9 Å². The molecule has 1 unspecified atom stereocenters. The average Bonchev–Trinajstić information content (AvgIpc) is 1.95. The van der Waals surface area contributed by atoms with Crippen LogP contribution in [0.3, 0.4) is 0 Å². The minimum Gasteiger partial charge on any atom is -0.360 e. The van der Waals surface area contributed by atoms with Crippen LogP contribution in [0.2, 0.25) is 0 Å². The average molecular weight is 222 g/mol. The van der Waals surface area contributed by atoms with Crippen LogP contribution in [0.1, 0.15) is 41.0 Å². The lowest BCUT2D eigenvalue weighted by Gasteiger charge is -2.43. The lowest BCUT2D eigenvalue weighted by molar-refractivity contribution is -0.135. The molecule has 1 heterocycles. The van der Waals surface area contributed by atoms with Crippen LogP contribution in [-0.4, -0.2) is 18.9 Å². The second kappa shape index (κ2) is 4.82. The highest BCUT2D eigenvalue weighted by molar-refractivity contribution is 5.85. The summed E-state index contributed by atoms with van der Waals surface area (Å²) in [7, 11) is 0. The zero-order valence-corrected chi connectivity index (χ0v) is 10.8. The second-order valence-electron chi connectivity index (χ2n) is 5.64. The largest absolute Gasteiger partial charge is 0.360 e. The van der Waals surface area contributed by atoms with E-state index < -0.39 is 0 Å². The first-order valence-electron chi connectivity index (χ1n) is 5.22. The number of hydrogen-bond donors (Lipinski definition) is 1. The fourth-order valence-corrected chi connectivity index (χ4v) is 1.79. The molecular formula is C11H24ClNO. The first-order chi connectivity index (χ1) is 5.83. The molecule has 2 nitrogen and oxygen atoms in total. The Kier molecular flexibility index (Phi) is 4.89. The van der Waals surface area contributed by atoms with E-state index in [1.165, 1.54) is 0 Å². The van der Waals surface area contributed by atoms with E-state index in [1.807, 2.05) is 0 Å². The van der Waals surface area contributed by atoms with Gasteiger partial charge in [-0.1, -0.05) is 27.7 Å². The van der Waals surface area contributed by atoms with E-state index in [9.17, 15) is 0 Å². The molecule has 0 amide bonds. The molecule has 86 valence electrons. The van der Waals surface area contributed by atoms with Crippen LogP contribution in [0.4, 0.5) is 0 Å². The Morgan fingerprint density at radius 3 is 2.21 bits per heavy atom. The number of ether oxygens (including phenoxy) is 1. The Balaban J connectivity index is 0.00000169. The summed E-state index contributed by atoms with van der Waals surface area (Å²) in [6.07, 6.45) is 1.09. The molecule has 0 aliphatic carbocycles. The molecule has 1 atom stereocenters. The maximum absolute atomic E-state index is 5.88. The molecule has 1 fully saturated rings. The summed E-state index contributed by atoms with van der Waals surface area (Å²) in [6, 6.07) is 0. The van der Waals surface area contributed by atoms with Crippen LogP contribution in [0.25, 0.3) is 0 Å². The summed E-state index contributed by atoms with van der Waals surface area (Å²) in [5, 5.41) is 3.49. The van der Waals surface area contributed by atoms with E-state index >= 15 is 0 Å². The Labute approximate surface area is 94.2 Å². The van der Waals surface area contributed by atoms with Crippen molar-refractivity contribution in [2.24, 2.45) is 11.3 Å². The van der Waals surface area contributed by atoms with Crippen molar-refractivity contribution in [3.05, 3.63) is 0 Å². The van der Waals surface area contributed by atoms with Crippen molar-refractivity contribution in [2.75, 3.05) is 13.2 Å². The van der Waals surface area contributed by atoms with Gasteiger partial charge in [-0.3, -0.25) is 5.32 Å². The normalized spacial score (nSPS) is 31.3. The van der Waals surface area contributed by atoms with Gasteiger partial charge in [-0.15, -0.1) is 12.4 Å². The molecule has 1 rings (SSSR count). The standard InChI is InChI=1S/C11H23NO.ClH/c1-9(2)6-11(5)12-7-10(3,4)8-13-11;/h9,12H,6-8H2,1-5H3;1H. The fourth-order valence-electron chi connectivity index (χ4n) is 1.79. The third-order valence-corrected chi connectivity index (χ3v) is 2.52. The SMILES string of the molecule is CC(C)CC1(C)NCC(C)(C)CO1.Cl. The van der Waals surface area contributed by atoms with Gasteiger partial charge in [-0.25, -0.2) is 0 Å². The van der Waals surface area contributed by atoms with Crippen molar-refractivity contribution in [3.8, 4) is 0 Å². The summed E-state index contributed by atoms with van der Waals surface area (Å²) in [4.78, 5) is 0. The predicted molar refractivity (Wildman–Crippen MR) is 62.8 cm³/mol. The van der Waals surface area contributed by atoms with Crippen molar-refractivity contribution in [2.45, 2.75) is 46.8 Å². The third-order valence-electron chi connectivity index (χ3n) is 2.52. The molecule has 1 N–H and O–H groups in total. The molecule has 0 spiro atoms.